The third-order valence-corrected chi connectivity index (χ3v) is 8.71. The van der Waals surface area contributed by atoms with Gasteiger partial charge in [0.05, 0.1) is 10.5 Å². The predicted molar refractivity (Wildman–Crippen MR) is 120 cm³/mol. The van der Waals surface area contributed by atoms with Crippen LogP contribution < -0.4 is 5.32 Å². The number of thiophene rings is 1. The number of fused-ring (bicyclic) bond motifs is 1. The fourth-order valence-electron chi connectivity index (χ4n) is 3.48. The smallest absolute Gasteiger partial charge is 0.193 e. The van der Waals surface area contributed by atoms with Crippen LogP contribution in [0.5, 0.6) is 0 Å². The summed E-state index contributed by atoms with van der Waals surface area (Å²) < 4.78 is 23.6. The maximum absolute atomic E-state index is 12.2. The normalized spacial score (nSPS) is 22.4. The molecule has 0 bridgehead atoms. The summed E-state index contributed by atoms with van der Waals surface area (Å²) in [5.74, 6) is 0.990. The molecular formula is C17H29IN4O2S2. The van der Waals surface area contributed by atoms with E-state index >= 15 is 0 Å². The largest absolute Gasteiger partial charge is 0.355 e. The zero-order valence-electron chi connectivity index (χ0n) is 15.7. The number of sulfone groups is 1. The van der Waals surface area contributed by atoms with Gasteiger partial charge in [-0.3, -0.25) is 9.89 Å². The highest BCUT2D eigenvalue weighted by molar-refractivity contribution is 14.0. The Bertz CT molecular complexity index is 746. The van der Waals surface area contributed by atoms with E-state index in [1.807, 2.05) is 11.3 Å². The third kappa shape index (κ3) is 4.71. The molecule has 0 unspecified atom stereocenters. The van der Waals surface area contributed by atoms with Gasteiger partial charge in [-0.05, 0) is 37.3 Å². The van der Waals surface area contributed by atoms with E-state index in [0.717, 1.165) is 38.6 Å². The molecular weight excluding hydrogens is 483 g/mol. The summed E-state index contributed by atoms with van der Waals surface area (Å²) in [4.78, 5) is 10.4. The highest BCUT2D eigenvalue weighted by Gasteiger charge is 2.40. The van der Waals surface area contributed by atoms with Crippen molar-refractivity contribution in [3.8, 4) is 0 Å². The first-order chi connectivity index (χ1) is 11.8. The molecule has 0 atom stereocenters. The molecule has 2 aliphatic heterocycles. The average Bonchev–Trinajstić information content (AvgIpc) is 3.02. The lowest BCUT2D eigenvalue weighted by Crippen LogP contribution is -2.57. The van der Waals surface area contributed by atoms with Gasteiger partial charge < -0.3 is 10.2 Å². The van der Waals surface area contributed by atoms with Gasteiger partial charge in [0, 0.05) is 51.2 Å². The monoisotopic (exact) mass is 512 g/mol. The van der Waals surface area contributed by atoms with Gasteiger partial charge in [0.1, 0.15) is 0 Å². The summed E-state index contributed by atoms with van der Waals surface area (Å²) in [6, 6.07) is 2.23. The van der Waals surface area contributed by atoms with Gasteiger partial charge in [0.2, 0.25) is 0 Å². The van der Waals surface area contributed by atoms with Crippen LogP contribution >= 0.6 is 35.3 Å². The fourth-order valence-corrected chi connectivity index (χ4v) is 5.74. The van der Waals surface area contributed by atoms with Gasteiger partial charge in [-0.25, -0.2) is 8.42 Å². The maximum Gasteiger partial charge on any atom is 0.193 e. The number of aliphatic imine (C=N–C) groups is 1. The van der Waals surface area contributed by atoms with E-state index in [-0.39, 0.29) is 29.7 Å². The predicted octanol–water partition coefficient (Wildman–Crippen LogP) is 1.81. The molecule has 6 nitrogen and oxygen atoms in total. The van der Waals surface area contributed by atoms with E-state index in [0.29, 0.717) is 13.1 Å². The number of rotatable bonds is 3. The highest BCUT2D eigenvalue weighted by atomic mass is 127. The molecule has 0 amide bonds. The highest BCUT2D eigenvalue weighted by Crippen LogP contribution is 2.24. The van der Waals surface area contributed by atoms with Crippen LogP contribution in [0.4, 0.5) is 0 Å². The number of hydrogen-bond acceptors (Lipinski definition) is 5. The van der Waals surface area contributed by atoms with Crippen LogP contribution in [0.2, 0.25) is 0 Å². The first kappa shape index (κ1) is 21.9. The van der Waals surface area contributed by atoms with Crippen LogP contribution in [-0.2, 0) is 22.8 Å². The Morgan fingerprint density at radius 1 is 1.38 bits per heavy atom. The number of hydrogen-bond donors (Lipinski definition) is 1. The van der Waals surface area contributed by atoms with E-state index in [9.17, 15) is 8.42 Å². The molecule has 2 aliphatic rings. The lowest BCUT2D eigenvalue weighted by Gasteiger charge is -2.39. The van der Waals surface area contributed by atoms with Gasteiger partial charge in [-0.15, -0.1) is 35.3 Å². The van der Waals surface area contributed by atoms with Crippen molar-refractivity contribution in [3.05, 3.63) is 21.9 Å². The third-order valence-electron chi connectivity index (χ3n) is 5.15. The van der Waals surface area contributed by atoms with E-state index in [2.05, 4.69) is 31.6 Å². The van der Waals surface area contributed by atoms with Crippen molar-refractivity contribution in [2.75, 3.05) is 45.5 Å². The molecule has 26 heavy (non-hydrogen) atoms. The standard InChI is InChI=1S/C17H28N4O2S2.HI/c1-17(2)13-21(9-11-25(17,22)23)16(18-3)19-6-8-20-7-4-15-14(12-20)5-10-24-15;/h5,10H,4,6-9,11-13H2,1-3H3,(H,18,19);1H. The Morgan fingerprint density at radius 2 is 2.15 bits per heavy atom. The number of nitrogens with one attached hydrogen (secondary N) is 1. The van der Waals surface area contributed by atoms with Crippen molar-refractivity contribution in [1.82, 2.24) is 15.1 Å². The summed E-state index contributed by atoms with van der Waals surface area (Å²) in [5, 5.41) is 5.59. The summed E-state index contributed by atoms with van der Waals surface area (Å²) in [7, 11) is -1.27. The van der Waals surface area contributed by atoms with Gasteiger partial charge in [-0.1, -0.05) is 0 Å². The van der Waals surface area contributed by atoms with Crippen molar-refractivity contribution >= 4 is 51.1 Å². The average molecular weight is 512 g/mol. The molecule has 1 N–H and O–H groups in total. The van der Waals surface area contributed by atoms with E-state index in [1.54, 1.807) is 20.9 Å². The van der Waals surface area contributed by atoms with Crippen LogP contribution in [0.25, 0.3) is 0 Å². The van der Waals surface area contributed by atoms with Gasteiger partial charge in [0.25, 0.3) is 0 Å². The van der Waals surface area contributed by atoms with Crippen molar-refractivity contribution in [3.63, 3.8) is 0 Å². The molecule has 0 aromatic carbocycles. The molecule has 148 valence electrons. The summed E-state index contributed by atoms with van der Waals surface area (Å²) in [6.45, 7) is 8.49. The number of guanidine groups is 1. The zero-order chi connectivity index (χ0) is 18.1. The summed E-state index contributed by atoms with van der Waals surface area (Å²) in [6.07, 6.45) is 1.14. The SMILES string of the molecule is CN=C(NCCN1CCc2sccc2C1)N1CCS(=O)(=O)C(C)(C)C1.I. The van der Waals surface area contributed by atoms with Crippen molar-refractivity contribution < 1.29 is 8.42 Å². The van der Waals surface area contributed by atoms with Crippen LogP contribution in [-0.4, -0.2) is 74.4 Å². The molecule has 1 fully saturated rings. The minimum atomic E-state index is -3.03. The van der Waals surface area contributed by atoms with Crippen molar-refractivity contribution in [2.24, 2.45) is 4.99 Å². The second-order valence-corrected chi connectivity index (χ2v) is 11.1. The van der Waals surface area contributed by atoms with E-state index in [4.69, 9.17) is 0 Å². The van der Waals surface area contributed by atoms with Gasteiger partial charge in [-0.2, -0.15) is 0 Å². The Kier molecular flexibility index (Phi) is 7.37. The Morgan fingerprint density at radius 3 is 2.85 bits per heavy atom. The van der Waals surface area contributed by atoms with E-state index in [1.165, 1.54) is 10.4 Å². The van der Waals surface area contributed by atoms with Crippen LogP contribution in [0.1, 0.15) is 24.3 Å². The lowest BCUT2D eigenvalue weighted by atomic mass is 10.1. The first-order valence-electron chi connectivity index (χ1n) is 8.78. The zero-order valence-corrected chi connectivity index (χ0v) is 19.7. The topological polar surface area (TPSA) is 65.0 Å². The Labute approximate surface area is 178 Å². The molecule has 0 aliphatic carbocycles. The lowest BCUT2D eigenvalue weighted by molar-refractivity contribution is 0.258. The van der Waals surface area contributed by atoms with E-state index < -0.39 is 14.6 Å². The molecule has 0 radical (unpaired) electrons. The molecule has 3 rings (SSSR count). The molecule has 9 heteroatoms. The number of halogens is 1. The molecule has 1 aromatic rings. The Balaban J connectivity index is 0.00000243. The summed E-state index contributed by atoms with van der Waals surface area (Å²) in [5.41, 5.74) is 1.46. The minimum Gasteiger partial charge on any atom is -0.355 e. The quantitative estimate of drug-likeness (QED) is 0.380. The van der Waals surface area contributed by atoms with Gasteiger partial charge in [0.15, 0.2) is 15.8 Å². The molecule has 1 aromatic heterocycles. The van der Waals surface area contributed by atoms with Crippen LogP contribution in [0.15, 0.2) is 16.4 Å². The van der Waals surface area contributed by atoms with Gasteiger partial charge >= 0.3 is 0 Å². The van der Waals surface area contributed by atoms with Crippen LogP contribution in [0, 0.1) is 0 Å². The minimum absolute atomic E-state index is 0. The molecule has 0 saturated carbocycles. The van der Waals surface area contributed by atoms with Crippen molar-refractivity contribution in [2.45, 2.75) is 31.6 Å². The molecule has 3 heterocycles. The fraction of sp³-hybridized carbons (Fsp3) is 0.706. The number of nitrogens with zero attached hydrogens (tertiary/aromatic N) is 3. The second kappa shape index (κ2) is 8.74. The maximum atomic E-state index is 12.2. The first-order valence-corrected chi connectivity index (χ1v) is 11.3. The van der Waals surface area contributed by atoms with Crippen LogP contribution in [0.3, 0.4) is 0 Å². The second-order valence-electron chi connectivity index (χ2n) is 7.37. The Hall–Kier alpha value is -0.390. The van der Waals surface area contributed by atoms with Crippen molar-refractivity contribution in [1.29, 1.82) is 0 Å². The summed E-state index contributed by atoms with van der Waals surface area (Å²) >= 11 is 1.86. The molecule has 0 spiro atoms. The molecule has 1 saturated heterocycles.